The van der Waals surface area contributed by atoms with E-state index in [4.69, 9.17) is 0 Å². The van der Waals surface area contributed by atoms with Crippen LogP contribution < -0.4 is 0 Å². The van der Waals surface area contributed by atoms with E-state index in [0.29, 0.717) is 5.75 Å². The summed E-state index contributed by atoms with van der Waals surface area (Å²) in [5.41, 5.74) is 1.43. The zero-order chi connectivity index (χ0) is 18.1. The zero-order valence-electron chi connectivity index (χ0n) is 15.7. The summed E-state index contributed by atoms with van der Waals surface area (Å²) in [7, 11) is 0. The number of hydrogen-bond donors (Lipinski definition) is 0. The standard InChI is InChI=1S/C19H27N3OS2/c1-11(2)22(12(3)4)16(23)9-24-18-17-14-7-6-13(5)8-15(14)25-19(17)21-10-20-18/h10-13H,6-9H2,1-5H3/t13-/m1/s1. The highest BCUT2D eigenvalue weighted by molar-refractivity contribution is 8.00. The molecule has 1 atom stereocenters. The highest BCUT2D eigenvalue weighted by Gasteiger charge is 2.25. The number of thioether (sulfide) groups is 1. The Morgan fingerprint density at radius 2 is 2.04 bits per heavy atom. The Morgan fingerprint density at radius 1 is 1.32 bits per heavy atom. The van der Waals surface area contributed by atoms with E-state index in [1.807, 2.05) is 16.2 Å². The predicted octanol–water partition coefficient (Wildman–Crippen LogP) is 4.55. The minimum Gasteiger partial charge on any atom is -0.337 e. The van der Waals surface area contributed by atoms with Gasteiger partial charge in [0, 0.05) is 22.3 Å². The van der Waals surface area contributed by atoms with Crippen molar-refractivity contribution in [1.82, 2.24) is 14.9 Å². The quantitative estimate of drug-likeness (QED) is 0.566. The maximum absolute atomic E-state index is 12.7. The number of carbonyl (C=O) groups is 1. The van der Waals surface area contributed by atoms with Crippen LogP contribution in [0, 0.1) is 5.92 Å². The van der Waals surface area contributed by atoms with Crippen molar-refractivity contribution in [3.8, 4) is 0 Å². The van der Waals surface area contributed by atoms with Crippen molar-refractivity contribution in [2.24, 2.45) is 5.92 Å². The van der Waals surface area contributed by atoms with Gasteiger partial charge in [-0.1, -0.05) is 18.7 Å². The van der Waals surface area contributed by atoms with E-state index in [9.17, 15) is 4.79 Å². The Kier molecular flexibility index (Phi) is 5.68. The average Bonchev–Trinajstić information content (AvgIpc) is 2.89. The second-order valence-corrected chi connectivity index (χ2v) is 9.54. The van der Waals surface area contributed by atoms with Crippen molar-refractivity contribution in [3.05, 3.63) is 16.8 Å². The van der Waals surface area contributed by atoms with Crippen LogP contribution in [0.5, 0.6) is 0 Å². The van der Waals surface area contributed by atoms with Gasteiger partial charge in [-0.25, -0.2) is 9.97 Å². The highest BCUT2D eigenvalue weighted by atomic mass is 32.2. The molecule has 2 aromatic rings. The second kappa shape index (κ2) is 7.62. The number of aryl methyl sites for hydroxylation is 1. The molecule has 25 heavy (non-hydrogen) atoms. The van der Waals surface area contributed by atoms with Crippen LogP contribution in [0.25, 0.3) is 10.2 Å². The molecule has 2 heterocycles. The van der Waals surface area contributed by atoms with Crippen molar-refractivity contribution in [2.75, 3.05) is 5.75 Å². The average molecular weight is 378 g/mol. The van der Waals surface area contributed by atoms with Crippen LogP contribution in [-0.2, 0) is 17.6 Å². The summed E-state index contributed by atoms with van der Waals surface area (Å²) in [4.78, 5) is 26.2. The van der Waals surface area contributed by atoms with E-state index >= 15 is 0 Å². The number of thiophene rings is 1. The largest absolute Gasteiger partial charge is 0.337 e. The number of amides is 1. The first kappa shape index (κ1) is 18.6. The number of carbonyl (C=O) groups excluding carboxylic acids is 1. The first-order chi connectivity index (χ1) is 11.9. The van der Waals surface area contributed by atoms with Gasteiger partial charge in [-0.15, -0.1) is 11.3 Å². The minimum atomic E-state index is 0.180. The molecule has 4 nitrogen and oxygen atoms in total. The molecular formula is C19H27N3OS2. The maximum Gasteiger partial charge on any atom is 0.233 e. The summed E-state index contributed by atoms with van der Waals surface area (Å²) in [6.07, 6.45) is 5.12. The van der Waals surface area contributed by atoms with Gasteiger partial charge in [0.25, 0.3) is 0 Å². The zero-order valence-corrected chi connectivity index (χ0v) is 17.3. The number of hydrogen-bond acceptors (Lipinski definition) is 5. The minimum absolute atomic E-state index is 0.180. The Morgan fingerprint density at radius 3 is 2.72 bits per heavy atom. The molecule has 6 heteroatoms. The molecule has 0 fully saturated rings. The molecule has 0 radical (unpaired) electrons. The second-order valence-electron chi connectivity index (χ2n) is 7.49. The number of nitrogens with zero attached hydrogens (tertiary/aromatic N) is 3. The van der Waals surface area contributed by atoms with Crippen molar-refractivity contribution < 1.29 is 4.79 Å². The lowest BCUT2D eigenvalue weighted by atomic mass is 9.89. The summed E-state index contributed by atoms with van der Waals surface area (Å²) in [5.74, 6) is 1.36. The molecule has 3 rings (SSSR count). The fourth-order valence-corrected chi connectivity index (χ4v) is 6.04. The predicted molar refractivity (Wildman–Crippen MR) is 106 cm³/mol. The van der Waals surface area contributed by atoms with Gasteiger partial charge >= 0.3 is 0 Å². The van der Waals surface area contributed by atoms with Crippen LogP contribution in [0.3, 0.4) is 0 Å². The Balaban J connectivity index is 1.84. The van der Waals surface area contributed by atoms with Crippen molar-refractivity contribution in [2.45, 2.75) is 71.0 Å². The van der Waals surface area contributed by atoms with Crippen LogP contribution >= 0.6 is 23.1 Å². The van der Waals surface area contributed by atoms with Crippen molar-refractivity contribution in [1.29, 1.82) is 0 Å². The highest BCUT2D eigenvalue weighted by Crippen LogP contribution is 2.40. The molecule has 1 aliphatic rings. The molecule has 0 N–H and O–H groups in total. The Bertz CT molecular complexity index is 761. The van der Waals surface area contributed by atoms with Gasteiger partial charge in [0.2, 0.25) is 5.91 Å². The van der Waals surface area contributed by atoms with Gasteiger partial charge in [0.1, 0.15) is 16.2 Å². The molecule has 0 spiro atoms. The van der Waals surface area contributed by atoms with Crippen molar-refractivity contribution >= 4 is 39.2 Å². The van der Waals surface area contributed by atoms with E-state index in [0.717, 1.165) is 28.6 Å². The normalized spacial score (nSPS) is 17.3. The molecule has 136 valence electrons. The lowest BCUT2D eigenvalue weighted by Gasteiger charge is -2.30. The van der Waals surface area contributed by atoms with E-state index in [1.54, 1.807) is 18.1 Å². The van der Waals surface area contributed by atoms with E-state index in [2.05, 4.69) is 44.6 Å². The first-order valence-electron chi connectivity index (χ1n) is 9.07. The maximum atomic E-state index is 12.7. The third kappa shape index (κ3) is 3.85. The van der Waals surface area contributed by atoms with Gasteiger partial charge in [-0.3, -0.25) is 4.79 Å². The van der Waals surface area contributed by atoms with Crippen LogP contribution in [0.2, 0.25) is 0 Å². The van der Waals surface area contributed by atoms with Crippen LogP contribution in [-0.4, -0.2) is 38.6 Å². The molecule has 0 saturated carbocycles. The van der Waals surface area contributed by atoms with Gasteiger partial charge in [-0.2, -0.15) is 0 Å². The molecule has 0 aromatic carbocycles. The Labute approximate surface area is 158 Å². The molecule has 0 saturated heterocycles. The monoisotopic (exact) mass is 377 g/mol. The molecule has 0 unspecified atom stereocenters. The summed E-state index contributed by atoms with van der Waals surface area (Å²) < 4.78 is 0. The topological polar surface area (TPSA) is 46.1 Å². The molecule has 0 aliphatic heterocycles. The van der Waals surface area contributed by atoms with E-state index in [1.165, 1.54) is 22.2 Å². The van der Waals surface area contributed by atoms with Gasteiger partial charge in [-0.05, 0) is 58.4 Å². The summed E-state index contributed by atoms with van der Waals surface area (Å²) in [6.45, 7) is 10.6. The fourth-order valence-electron chi connectivity index (χ4n) is 3.73. The SMILES string of the molecule is CC(C)N(C(=O)CSc1ncnc2sc3c(c12)CC[C@@H](C)C3)C(C)C. The molecular weight excluding hydrogens is 350 g/mol. The fraction of sp³-hybridized carbons (Fsp3) is 0.632. The summed E-state index contributed by atoms with van der Waals surface area (Å²) >= 11 is 3.37. The molecule has 0 bridgehead atoms. The molecule has 1 aliphatic carbocycles. The third-order valence-corrected chi connectivity index (χ3v) is 6.93. The van der Waals surface area contributed by atoms with E-state index < -0.39 is 0 Å². The third-order valence-electron chi connectivity index (χ3n) is 4.79. The smallest absolute Gasteiger partial charge is 0.233 e. The van der Waals surface area contributed by atoms with E-state index in [-0.39, 0.29) is 18.0 Å². The molecule has 2 aromatic heterocycles. The van der Waals surface area contributed by atoms with Gasteiger partial charge < -0.3 is 4.90 Å². The van der Waals surface area contributed by atoms with Crippen LogP contribution in [0.15, 0.2) is 11.4 Å². The lowest BCUT2D eigenvalue weighted by molar-refractivity contribution is -0.131. The Hall–Kier alpha value is -1.14. The van der Waals surface area contributed by atoms with Crippen LogP contribution in [0.1, 0.15) is 51.5 Å². The number of fused-ring (bicyclic) bond motifs is 3. The van der Waals surface area contributed by atoms with Crippen LogP contribution in [0.4, 0.5) is 0 Å². The van der Waals surface area contributed by atoms with Gasteiger partial charge in [0.05, 0.1) is 5.75 Å². The first-order valence-corrected chi connectivity index (χ1v) is 10.9. The number of aromatic nitrogens is 2. The summed E-state index contributed by atoms with van der Waals surface area (Å²) in [5, 5.41) is 2.17. The summed E-state index contributed by atoms with van der Waals surface area (Å²) in [6, 6.07) is 0.433. The molecule has 1 amide bonds. The lowest BCUT2D eigenvalue weighted by Crippen LogP contribution is -2.43. The number of rotatable bonds is 5. The van der Waals surface area contributed by atoms with Crippen molar-refractivity contribution in [3.63, 3.8) is 0 Å². The van der Waals surface area contributed by atoms with Gasteiger partial charge in [0.15, 0.2) is 0 Å².